The highest BCUT2D eigenvalue weighted by Crippen LogP contribution is 2.23. The van der Waals surface area contributed by atoms with E-state index in [0.717, 1.165) is 5.56 Å². The summed E-state index contributed by atoms with van der Waals surface area (Å²) >= 11 is 1.50. The van der Waals surface area contributed by atoms with Crippen LogP contribution < -0.4 is 16.2 Å². The van der Waals surface area contributed by atoms with E-state index < -0.39 is 16.1 Å². The molecule has 0 aliphatic heterocycles. The molecule has 0 aliphatic carbocycles. The van der Waals surface area contributed by atoms with Crippen molar-refractivity contribution in [3.8, 4) is 0 Å². The van der Waals surface area contributed by atoms with Crippen LogP contribution in [0.15, 0.2) is 39.9 Å². The van der Waals surface area contributed by atoms with Gasteiger partial charge >= 0.3 is 0 Å². The molecule has 0 spiro atoms. The summed E-state index contributed by atoms with van der Waals surface area (Å²) < 4.78 is 22.4. The number of anilines is 2. The number of benzene rings is 1. The summed E-state index contributed by atoms with van der Waals surface area (Å²) in [6.07, 6.45) is -0.654. The van der Waals surface area contributed by atoms with Crippen LogP contribution in [0.25, 0.3) is 0 Å². The lowest BCUT2D eigenvalue weighted by molar-refractivity contribution is 0.192. The average Bonchev–Trinajstić information content (AvgIpc) is 2.89. The Balaban J connectivity index is 2.07. The van der Waals surface area contributed by atoms with Gasteiger partial charge in [-0.2, -0.15) is 11.3 Å². The molecule has 1 heterocycles. The lowest BCUT2D eigenvalue weighted by Crippen LogP contribution is -2.15. The number of sulfonamides is 1. The van der Waals surface area contributed by atoms with E-state index in [1.54, 1.807) is 0 Å². The maximum atomic E-state index is 11.2. The van der Waals surface area contributed by atoms with Crippen LogP contribution in [0.1, 0.15) is 11.7 Å². The van der Waals surface area contributed by atoms with Crippen molar-refractivity contribution >= 4 is 32.7 Å². The van der Waals surface area contributed by atoms with E-state index in [-0.39, 0.29) is 17.1 Å². The number of aliphatic hydroxyl groups is 1. The van der Waals surface area contributed by atoms with Gasteiger partial charge in [-0.25, -0.2) is 13.6 Å². The monoisotopic (exact) mass is 313 g/mol. The molecular formula is C12H15N3O3S2. The number of nitrogen functional groups attached to an aromatic ring is 1. The van der Waals surface area contributed by atoms with Crippen molar-refractivity contribution in [3.05, 3.63) is 40.6 Å². The van der Waals surface area contributed by atoms with Gasteiger partial charge in [0.25, 0.3) is 0 Å². The van der Waals surface area contributed by atoms with E-state index in [2.05, 4.69) is 5.32 Å². The fourth-order valence-corrected chi connectivity index (χ4v) is 2.92. The molecule has 0 fully saturated rings. The predicted octanol–water partition coefficient (Wildman–Crippen LogP) is 1.12. The molecule has 6 N–H and O–H groups in total. The fourth-order valence-electron chi connectivity index (χ4n) is 1.67. The van der Waals surface area contributed by atoms with E-state index in [9.17, 15) is 13.5 Å². The lowest BCUT2D eigenvalue weighted by atomic mass is 10.2. The second-order valence-corrected chi connectivity index (χ2v) is 6.59. The van der Waals surface area contributed by atoms with Gasteiger partial charge in [0.05, 0.1) is 22.4 Å². The Morgan fingerprint density at radius 3 is 2.65 bits per heavy atom. The first kappa shape index (κ1) is 14.8. The third-order valence-electron chi connectivity index (χ3n) is 2.77. The largest absolute Gasteiger partial charge is 0.397 e. The van der Waals surface area contributed by atoms with Crippen LogP contribution in [0.5, 0.6) is 0 Å². The topological polar surface area (TPSA) is 118 Å². The molecule has 0 aliphatic rings. The Morgan fingerprint density at radius 2 is 2.10 bits per heavy atom. The van der Waals surface area contributed by atoms with Crippen LogP contribution in [-0.4, -0.2) is 20.1 Å². The highest BCUT2D eigenvalue weighted by molar-refractivity contribution is 7.89. The van der Waals surface area contributed by atoms with Crippen molar-refractivity contribution in [2.24, 2.45) is 5.14 Å². The first-order chi connectivity index (χ1) is 9.38. The van der Waals surface area contributed by atoms with Crippen LogP contribution in [-0.2, 0) is 10.0 Å². The molecule has 2 rings (SSSR count). The Bertz CT molecular complexity index is 684. The first-order valence-corrected chi connectivity index (χ1v) is 8.23. The zero-order valence-corrected chi connectivity index (χ0v) is 12.1. The minimum Gasteiger partial charge on any atom is -0.397 e. The SMILES string of the molecule is Nc1cc(S(N)(=O)=O)ccc1NCC(O)c1ccsc1. The predicted molar refractivity (Wildman–Crippen MR) is 80.0 cm³/mol. The first-order valence-electron chi connectivity index (χ1n) is 5.74. The Labute approximate surface area is 121 Å². The Kier molecular flexibility index (Phi) is 4.29. The second kappa shape index (κ2) is 5.80. The smallest absolute Gasteiger partial charge is 0.238 e. The van der Waals surface area contributed by atoms with E-state index in [1.165, 1.54) is 29.5 Å². The van der Waals surface area contributed by atoms with Gasteiger partial charge in [0.2, 0.25) is 10.0 Å². The van der Waals surface area contributed by atoms with Crippen molar-refractivity contribution in [3.63, 3.8) is 0 Å². The number of hydrogen-bond acceptors (Lipinski definition) is 6. The van der Waals surface area contributed by atoms with Crippen molar-refractivity contribution in [1.29, 1.82) is 0 Å². The van der Waals surface area contributed by atoms with Crippen molar-refractivity contribution in [1.82, 2.24) is 0 Å². The van der Waals surface area contributed by atoms with Gasteiger partial charge in [0.1, 0.15) is 0 Å². The molecule has 0 amide bonds. The quantitative estimate of drug-likeness (QED) is 0.617. The normalized spacial score (nSPS) is 13.1. The van der Waals surface area contributed by atoms with Gasteiger partial charge in [-0.3, -0.25) is 0 Å². The summed E-state index contributed by atoms with van der Waals surface area (Å²) in [7, 11) is -3.76. The highest BCUT2D eigenvalue weighted by Gasteiger charge is 2.12. The molecule has 1 aromatic heterocycles. The molecule has 1 unspecified atom stereocenters. The van der Waals surface area contributed by atoms with Crippen molar-refractivity contribution in [2.75, 3.05) is 17.6 Å². The molecule has 0 bridgehead atoms. The molecule has 0 radical (unpaired) electrons. The molecule has 20 heavy (non-hydrogen) atoms. The highest BCUT2D eigenvalue weighted by atomic mass is 32.2. The molecule has 1 atom stereocenters. The van der Waals surface area contributed by atoms with E-state index >= 15 is 0 Å². The molecule has 108 valence electrons. The number of thiophene rings is 1. The minimum atomic E-state index is -3.76. The Hall–Kier alpha value is -1.61. The molecule has 1 aromatic carbocycles. The summed E-state index contributed by atoms with van der Waals surface area (Å²) in [6, 6.07) is 6.01. The van der Waals surface area contributed by atoms with E-state index in [1.807, 2.05) is 16.8 Å². The number of aliphatic hydroxyl groups excluding tert-OH is 1. The number of rotatable bonds is 5. The zero-order valence-electron chi connectivity index (χ0n) is 10.5. The summed E-state index contributed by atoms with van der Waals surface area (Å²) in [5.41, 5.74) is 7.39. The number of nitrogens with one attached hydrogen (secondary N) is 1. The van der Waals surface area contributed by atoms with Gasteiger partial charge in [-0.1, -0.05) is 0 Å². The van der Waals surface area contributed by atoms with Crippen LogP contribution in [0, 0.1) is 0 Å². The second-order valence-electron chi connectivity index (χ2n) is 4.25. The number of primary sulfonamides is 1. The molecule has 8 heteroatoms. The standard InChI is InChI=1S/C12H15N3O3S2/c13-10-5-9(20(14,17)18)1-2-11(10)15-6-12(16)8-3-4-19-7-8/h1-5,7,12,15-16H,6,13H2,(H2,14,17,18). The van der Waals surface area contributed by atoms with E-state index in [0.29, 0.717) is 5.69 Å². The molecule has 0 saturated carbocycles. The Morgan fingerprint density at radius 1 is 1.35 bits per heavy atom. The van der Waals surface area contributed by atoms with Crippen molar-refractivity contribution < 1.29 is 13.5 Å². The molecule has 6 nitrogen and oxygen atoms in total. The molecular weight excluding hydrogens is 298 g/mol. The number of hydrogen-bond donors (Lipinski definition) is 4. The zero-order chi connectivity index (χ0) is 14.8. The van der Waals surface area contributed by atoms with E-state index in [4.69, 9.17) is 10.9 Å². The average molecular weight is 313 g/mol. The summed E-state index contributed by atoms with van der Waals surface area (Å²) in [5, 5.41) is 21.7. The molecule has 0 saturated heterocycles. The summed E-state index contributed by atoms with van der Waals surface area (Å²) in [5.74, 6) is 0. The van der Waals surface area contributed by atoms with Crippen LogP contribution in [0.4, 0.5) is 11.4 Å². The van der Waals surface area contributed by atoms with Crippen LogP contribution >= 0.6 is 11.3 Å². The summed E-state index contributed by atoms with van der Waals surface area (Å²) in [6.45, 7) is 0.273. The lowest BCUT2D eigenvalue weighted by Gasteiger charge is -2.14. The maximum Gasteiger partial charge on any atom is 0.238 e. The van der Waals surface area contributed by atoms with Crippen LogP contribution in [0.3, 0.4) is 0 Å². The molecule has 2 aromatic rings. The minimum absolute atomic E-state index is 0.0427. The van der Waals surface area contributed by atoms with Gasteiger partial charge in [0.15, 0.2) is 0 Å². The maximum absolute atomic E-state index is 11.2. The fraction of sp³-hybridized carbons (Fsp3) is 0.167. The van der Waals surface area contributed by atoms with Gasteiger partial charge in [0, 0.05) is 6.54 Å². The number of nitrogens with two attached hydrogens (primary N) is 2. The van der Waals surface area contributed by atoms with Crippen molar-refractivity contribution in [2.45, 2.75) is 11.0 Å². The third-order valence-corrected chi connectivity index (χ3v) is 4.38. The van der Waals surface area contributed by atoms with Gasteiger partial charge in [-0.05, 0) is 40.6 Å². The summed E-state index contributed by atoms with van der Waals surface area (Å²) in [4.78, 5) is -0.0427. The van der Waals surface area contributed by atoms with Crippen LogP contribution in [0.2, 0.25) is 0 Å². The third kappa shape index (κ3) is 3.48. The van der Waals surface area contributed by atoms with Gasteiger partial charge < -0.3 is 16.2 Å². The van der Waals surface area contributed by atoms with Gasteiger partial charge in [-0.15, -0.1) is 0 Å².